The number of oxime groups is 1. The summed E-state index contributed by atoms with van der Waals surface area (Å²) in [6.45, 7) is 0. The van der Waals surface area contributed by atoms with Gasteiger partial charge in [0.05, 0.1) is 0 Å². The molecular weight excluding hydrogens is 228 g/mol. The molecule has 3 atom stereocenters. The number of amidine groups is 1. The number of hydrogen-bond acceptors (Lipinski definition) is 3. The van der Waals surface area contributed by atoms with Crippen LogP contribution in [0.25, 0.3) is 0 Å². The Bertz CT molecular complexity index is 455. The van der Waals surface area contributed by atoms with E-state index < -0.39 is 0 Å². The van der Waals surface area contributed by atoms with E-state index in [2.05, 4.69) is 5.16 Å². The van der Waals surface area contributed by atoms with Gasteiger partial charge in [-0.3, -0.25) is 0 Å². The lowest BCUT2D eigenvalue weighted by molar-refractivity contribution is 0.138. The van der Waals surface area contributed by atoms with Gasteiger partial charge in [-0.25, -0.2) is 0 Å². The first kappa shape index (κ1) is 11.4. The van der Waals surface area contributed by atoms with E-state index in [0.717, 1.165) is 17.6 Å². The molecule has 2 aliphatic rings. The minimum absolute atomic E-state index is 0.126. The second-order valence-electron chi connectivity index (χ2n) is 5.34. The summed E-state index contributed by atoms with van der Waals surface area (Å²) < 4.78 is 6.03. The van der Waals surface area contributed by atoms with E-state index in [9.17, 15) is 0 Å². The fraction of sp³-hybridized carbons (Fsp3) is 0.500. The van der Waals surface area contributed by atoms with Crippen molar-refractivity contribution in [3.05, 3.63) is 29.8 Å². The Morgan fingerprint density at radius 2 is 2.00 bits per heavy atom. The van der Waals surface area contributed by atoms with E-state index in [-0.39, 0.29) is 5.84 Å². The number of rotatable bonds is 3. The van der Waals surface area contributed by atoms with Crippen LogP contribution in [-0.4, -0.2) is 17.1 Å². The Kier molecular flexibility index (Phi) is 2.86. The van der Waals surface area contributed by atoms with Gasteiger partial charge < -0.3 is 15.7 Å². The van der Waals surface area contributed by atoms with Crippen molar-refractivity contribution in [2.45, 2.75) is 31.8 Å². The molecule has 18 heavy (non-hydrogen) atoms. The molecule has 3 rings (SSSR count). The Morgan fingerprint density at radius 1 is 1.22 bits per heavy atom. The second-order valence-corrected chi connectivity index (χ2v) is 5.34. The quantitative estimate of drug-likeness (QED) is 0.372. The van der Waals surface area contributed by atoms with Gasteiger partial charge in [-0.2, -0.15) is 0 Å². The van der Waals surface area contributed by atoms with Crippen molar-refractivity contribution in [1.82, 2.24) is 0 Å². The number of nitrogens with two attached hydrogens (primary N) is 1. The van der Waals surface area contributed by atoms with Gasteiger partial charge in [0, 0.05) is 5.56 Å². The lowest BCUT2D eigenvalue weighted by Gasteiger charge is -2.23. The highest BCUT2D eigenvalue weighted by atomic mass is 16.5. The zero-order valence-electron chi connectivity index (χ0n) is 10.2. The topological polar surface area (TPSA) is 67.8 Å². The van der Waals surface area contributed by atoms with Crippen molar-refractivity contribution >= 4 is 5.84 Å². The molecule has 0 amide bonds. The maximum Gasteiger partial charge on any atom is 0.170 e. The molecular formula is C14H18N2O2. The summed E-state index contributed by atoms with van der Waals surface area (Å²) in [4.78, 5) is 0. The van der Waals surface area contributed by atoms with Gasteiger partial charge in [-0.15, -0.1) is 0 Å². The predicted octanol–water partition coefficient (Wildman–Crippen LogP) is 2.35. The fourth-order valence-electron chi connectivity index (χ4n) is 3.27. The first-order chi connectivity index (χ1) is 8.76. The molecule has 0 heterocycles. The molecule has 2 bridgehead atoms. The predicted molar refractivity (Wildman–Crippen MR) is 68.8 cm³/mol. The van der Waals surface area contributed by atoms with Crippen molar-refractivity contribution in [2.24, 2.45) is 22.7 Å². The molecule has 0 aromatic heterocycles. The molecule has 0 saturated heterocycles. The van der Waals surface area contributed by atoms with Gasteiger partial charge in [0.15, 0.2) is 5.84 Å². The third kappa shape index (κ3) is 2.03. The Morgan fingerprint density at radius 3 is 2.56 bits per heavy atom. The van der Waals surface area contributed by atoms with E-state index in [0.29, 0.717) is 11.7 Å². The number of nitrogens with zero attached hydrogens (tertiary/aromatic N) is 1. The van der Waals surface area contributed by atoms with Gasteiger partial charge in [-0.05, 0) is 61.8 Å². The molecule has 0 radical (unpaired) electrons. The first-order valence-corrected chi connectivity index (χ1v) is 6.51. The molecule has 96 valence electrons. The van der Waals surface area contributed by atoms with Gasteiger partial charge in [0.1, 0.15) is 11.9 Å². The summed E-state index contributed by atoms with van der Waals surface area (Å²) >= 11 is 0. The Balaban J connectivity index is 1.67. The summed E-state index contributed by atoms with van der Waals surface area (Å²) in [6.07, 6.45) is 5.63. The molecule has 4 nitrogen and oxygen atoms in total. The maximum atomic E-state index is 8.59. The fourth-order valence-corrected chi connectivity index (χ4v) is 3.27. The van der Waals surface area contributed by atoms with E-state index in [1.165, 1.54) is 25.7 Å². The molecule has 0 aliphatic heterocycles. The maximum absolute atomic E-state index is 8.59. The smallest absolute Gasteiger partial charge is 0.170 e. The lowest BCUT2D eigenvalue weighted by atomic mass is 9.98. The zero-order valence-corrected chi connectivity index (χ0v) is 10.2. The van der Waals surface area contributed by atoms with Crippen LogP contribution in [0.4, 0.5) is 0 Å². The highest BCUT2D eigenvalue weighted by Gasteiger charge is 2.40. The van der Waals surface area contributed by atoms with Gasteiger partial charge >= 0.3 is 0 Å². The van der Waals surface area contributed by atoms with Crippen LogP contribution in [0, 0.1) is 11.8 Å². The molecule has 2 saturated carbocycles. The van der Waals surface area contributed by atoms with Crippen LogP contribution in [0.3, 0.4) is 0 Å². The molecule has 2 aliphatic carbocycles. The molecule has 1 aromatic carbocycles. The monoisotopic (exact) mass is 246 g/mol. The third-order valence-electron chi connectivity index (χ3n) is 4.22. The van der Waals surface area contributed by atoms with Crippen LogP contribution in [-0.2, 0) is 0 Å². The van der Waals surface area contributed by atoms with Gasteiger partial charge in [-0.1, -0.05) is 5.16 Å². The molecule has 2 fully saturated rings. The second kappa shape index (κ2) is 4.52. The lowest BCUT2D eigenvalue weighted by Crippen LogP contribution is -2.23. The average molecular weight is 246 g/mol. The minimum Gasteiger partial charge on any atom is -0.490 e. The van der Waals surface area contributed by atoms with Crippen LogP contribution in [0.15, 0.2) is 29.4 Å². The van der Waals surface area contributed by atoms with E-state index in [1.54, 1.807) is 0 Å². The molecule has 3 unspecified atom stereocenters. The van der Waals surface area contributed by atoms with E-state index in [1.807, 2.05) is 24.3 Å². The standard InChI is InChI=1S/C14H18N2O2/c15-14(16-17)10-3-5-12(6-4-10)18-13-8-9-1-2-11(13)7-9/h3-6,9,11,13,17H,1-2,7-8H2,(H2,15,16). The minimum atomic E-state index is 0.126. The van der Waals surface area contributed by atoms with Crippen molar-refractivity contribution in [2.75, 3.05) is 0 Å². The van der Waals surface area contributed by atoms with Crippen molar-refractivity contribution in [3.63, 3.8) is 0 Å². The summed E-state index contributed by atoms with van der Waals surface area (Å²) in [7, 11) is 0. The van der Waals surface area contributed by atoms with E-state index >= 15 is 0 Å². The largest absolute Gasteiger partial charge is 0.490 e. The highest BCUT2D eigenvalue weighted by molar-refractivity contribution is 5.97. The summed E-state index contributed by atoms with van der Waals surface area (Å²) in [6, 6.07) is 7.41. The Hall–Kier alpha value is -1.71. The SMILES string of the molecule is N/C(=N/O)c1ccc(OC2CC3CCC2C3)cc1. The number of ether oxygens (including phenoxy) is 1. The molecule has 3 N–H and O–H groups in total. The third-order valence-corrected chi connectivity index (χ3v) is 4.22. The highest BCUT2D eigenvalue weighted by Crippen LogP contribution is 2.45. The van der Waals surface area contributed by atoms with Crippen LogP contribution < -0.4 is 10.5 Å². The zero-order chi connectivity index (χ0) is 12.5. The van der Waals surface area contributed by atoms with Crippen molar-refractivity contribution in [3.8, 4) is 5.75 Å². The Labute approximate surface area is 106 Å². The van der Waals surface area contributed by atoms with Crippen molar-refractivity contribution in [1.29, 1.82) is 0 Å². The molecule has 4 heteroatoms. The van der Waals surface area contributed by atoms with Crippen LogP contribution in [0.5, 0.6) is 5.75 Å². The van der Waals surface area contributed by atoms with Crippen LogP contribution in [0.1, 0.15) is 31.2 Å². The summed E-state index contributed by atoms with van der Waals surface area (Å²) in [5.41, 5.74) is 6.22. The summed E-state index contributed by atoms with van der Waals surface area (Å²) in [5.74, 6) is 2.64. The number of fused-ring (bicyclic) bond motifs is 2. The van der Waals surface area contributed by atoms with Gasteiger partial charge in [0.2, 0.25) is 0 Å². The summed E-state index contributed by atoms with van der Waals surface area (Å²) in [5, 5.41) is 11.6. The normalized spacial score (nSPS) is 30.7. The number of hydrogen-bond donors (Lipinski definition) is 2. The average Bonchev–Trinajstić information content (AvgIpc) is 3.01. The van der Waals surface area contributed by atoms with E-state index in [4.69, 9.17) is 15.7 Å². The number of benzene rings is 1. The van der Waals surface area contributed by atoms with Crippen LogP contribution in [0.2, 0.25) is 0 Å². The first-order valence-electron chi connectivity index (χ1n) is 6.51. The van der Waals surface area contributed by atoms with Crippen LogP contribution >= 0.6 is 0 Å². The molecule has 1 aromatic rings. The van der Waals surface area contributed by atoms with Gasteiger partial charge in [0.25, 0.3) is 0 Å². The molecule has 0 spiro atoms. The van der Waals surface area contributed by atoms with Crippen molar-refractivity contribution < 1.29 is 9.94 Å².